The first-order valence-corrected chi connectivity index (χ1v) is 8.58. The summed E-state index contributed by atoms with van der Waals surface area (Å²) in [5.41, 5.74) is 6.09. The Labute approximate surface area is 139 Å². The molecule has 0 aliphatic carbocycles. The summed E-state index contributed by atoms with van der Waals surface area (Å²) in [5, 5.41) is 0.718. The summed E-state index contributed by atoms with van der Waals surface area (Å²) < 4.78 is 27.2. The molecule has 1 aromatic heterocycles. The zero-order chi connectivity index (χ0) is 17.3. The lowest BCUT2D eigenvalue weighted by Gasteiger charge is -2.22. The molecule has 2 N–H and O–H groups in total. The first-order chi connectivity index (χ1) is 11.4. The molecule has 0 saturated carbocycles. The Bertz CT molecular complexity index is 1030. The predicted octanol–water partition coefficient (Wildman–Crippen LogP) is 2.16. The molecule has 3 aromatic rings. The van der Waals surface area contributed by atoms with Gasteiger partial charge in [-0.15, -0.1) is 0 Å². The van der Waals surface area contributed by atoms with Crippen LogP contribution in [0.5, 0.6) is 0 Å². The van der Waals surface area contributed by atoms with Gasteiger partial charge in [-0.3, -0.25) is 14.1 Å². The summed E-state index contributed by atoms with van der Waals surface area (Å²) in [6.45, 7) is 0. The molecular weight excluding hydrogens is 326 g/mol. The Balaban J connectivity index is 2.19. The number of hydrogen-bond acceptors (Lipinski definition) is 4. The molecular formula is C17H15N3O3S. The average Bonchev–Trinajstić information content (AvgIpc) is 2.60. The Morgan fingerprint density at radius 1 is 1.04 bits per heavy atom. The van der Waals surface area contributed by atoms with E-state index in [1.165, 1.54) is 25.2 Å². The van der Waals surface area contributed by atoms with Crippen LogP contribution in [0.4, 0.5) is 5.69 Å². The van der Waals surface area contributed by atoms with E-state index in [1.54, 1.807) is 42.6 Å². The highest BCUT2D eigenvalue weighted by atomic mass is 32.2. The largest absolute Gasteiger partial charge is 0.366 e. The van der Waals surface area contributed by atoms with Crippen molar-refractivity contribution >= 4 is 32.5 Å². The number of carbonyl (C=O) groups is 1. The van der Waals surface area contributed by atoms with E-state index in [2.05, 4.69) is 4.98 Å². The standard InChI is InChI=1S/C17H15N3O3S/c1-20(14-9-3-2-8-13(14)17(18)21)24(22,23)15-10-4-6-12-7-5-11-19-16(12)15/h2-11H,1H3,(H2,18,21). The number of amides is 1. The Kier molecular flexibility index (Phi) is 3.94. The second-order valence-electron chi connectivity index (χ2n) is 5.19. The minimum atomic E-state index is -3.91. The van der Waals surface area contributed by atoms with Gasteiger partial charge in [0, 0.05) is 18.6 Å². The molecule has 0 bridgehead atoms. The van der Waals surface area contributed by atoms with Gasteiger partial charge in [0.15, 0.2) is 0 Å². The SMILES string of the molecule is CN(c1ccccc1C(N)=O)S(=O)(=O)c1cccc2cccnc12. The fourth-order valence-corrected chi connectivity index (χ4v) is 3.90. The third-order valence-electron chi connectivity index (χ3n) is 3.74. The van der Waals surface area contributed by atoms with Crippen molar-refractivity contribution in [3.8, 4) is 0 Å². The average molecular weight is 341 g/mol. The summed E-state index contributed by atoms with van der Waals surface area (Å²) in [5.74, 6) is -0.691. The van der Waals surface area contributed by atoms with Crippen LogP contribution in [-0.4, -0.2) is 26.4 Å². The molecule has 122 valence electrons. The van der Waals surface area contributed by atoms with Gasteiger partial charge >= 0.3 is 0 Å². The van der Waals surface area contributed by atoms with Gasteiger partial charge in [0.1, 0.15) is 4.90 Å². The second-order valence-corrected chi connectivity index (χ2v) is 7.12. The summed E-state index contributed by atoms with van der Waals surface area (Å²) in [4.78, 5) is 15.8. The van der Waals surface area contributed by atoms with Crippen molar-refractivity contribution in [2.24, 2.45) is 5.73 Å². The highest BCUT2D eigenvalue weighted by molar-refractivity contribution is 7.93. The van der Waals surface area contributed by atoms with Crippen LogP contribution in [0.15, 0.2) is 65.7 Å². The molecule has 6 nitrogen and oxygen atoms in total. The number of nitrogens with two attached hydrogens (primary N) is 1. The van der Waals surface area contributed by atoms with Crippen LogP contribution < -0.4 is 10.0 Å². The quantitative estimate of drug-likeness (QED) is 0.787. The van der Waals surface area contributed by atoms with Crippen LogP contribution in [0.2, 0.25) is 0 Å². The second kappa shape index (κ2) is 5.93. The van der Waals surface area contributed by atoms with E-state index in [4.69, 9.17) is 5.73 Å². The molecule has 0 spiro atoms. The zero-order valence-electron chi connectivity index (χ0n) is 12.9. The molecule has 0 aliphatic heterocycles. The van der Waals surface area contributed by atoms with Gasteiger partial charge in [-0.2, -0.15) is 0 Å². The van der Waals surface area contributed by atoms with Gasteiger partial charge in [0.25, 0.3) is 15.9 Å². The fourth-order valence-electron chi connectivity index (χ4n) is 2.52. The van der Waals surface area contributed by atoms with Crippen LogP contribution in [0.3, 0.4) is 0 Å². The molecule has 3 rings (SSSR count). The van der Waals surface area contributed by atoms with Crippen molar-refractivity contribution in [1.82, 2.24) is 4.98 Å². The molecule has 1 amide bonds. The maximum absolute atomic E-state index is 13.1. The lowest BCUT2D eigenvalue weighted by atomic mass is 10.2. The number of anilines is 1. The third kappa shape index (κ3) is 2.59. The highest BCUT2D eigenvalue weighted by Gasteiger charge is 2.26. The lowest BCUT2D eigenvalue weighted by Crippen LogP contribution is -2.29. The normalized spacial score (nSPS) is 11.4. The summed E-state index contributed by atoms with van der Waals surface area (Å²) in [6, 6.07) is 14.8. The molecule has 2 aromatic carbocycles. The van der Waals surface area contributed by atoms with Crippen molar-refractivity contribution in [2.75, 3.05) is 11.4 Å². The van der Waals surface area contributed by atoms with Crippen LogP contribution in [-0.2, 0) is 10.0 Å². The number of benzene rings is 2. The fraction of sp³-hybridized carbons (Fsp3) is 0.0588. The molecule has 7 heteroatoms. The van der Waals surface area contributed by atoms with Gasteiger partial charge in [-0.05, 0) is 24.3 Å². The van der Waals surface area contributed by atoms with Crippen LogP contribution >= 0.6 is 0 Å². The van der Waals surface area contributed by atoms with E-state index >= 15 is 0 Å². The van der Waals surface area contributed by atoms with Crippen molar-refractivity contribution in [3.63, 3.8) is 0 Å². The van der Waals surface area contributed by atoms with Crippen molar-refractivity contribution in [2.45, 2.75) is 4.90 Å². The molecule has 0 aliphatic rings. The predicted molar refractivity (Wildman–Crippen MR) is 92.3 cm³/mol. The Morgan fingerprint density at radius 2 is 1.75 bits per heavy atom. The van der Waals surface area contributed by atoms with Crippen molar-refractivity contribution in [1.29, 1.82) is 0 Å². The number of aromatic nitrogens is 1. The van der Waals surface area contributed by atoms with E-state index in [0.717, 1.165) is 9.69 Å². The van der Waals surface area contributed by atoms with Crippen molar-refractivity contribution < 1.29 is 13.2 Å². The number of nitrogens with zero attached hydrogens (tertiary/aromatic N) is 2. The van der Waals surface area contributed by atoms with Gasteiger partial charge in [-0.1, -0.05) is 30.3 Å². The number of primary amides is 1. The number of para-hydroxylation sites is 2. The number of sulfonamides is 1. The van der Waals surface area contributed by atoms with Crippen LogP contribution in [0, 0.1) is 0 Å². The first kappa shape index (κ1) is 15.9. The van der Waals surface area contributed by atoms with Gasteiger partial charge in [0.2, 0.25) is 0 Å². The topological polar surface area (TPSA) is 93.4 Å². The monoisotopic (exact) mass is 341 g/mol. The molecule has 0 fully saturated rings. The van der Waals surface area contributed by atoms with E-state index in [-0.39, 0.29) is 16.1 Å². The molecule has 0 unspecified atom stereocenters. The summed E-state index contributed by atoms with van der Waals surface area (Å²) in [7, 11) is -2.52. The number of hydrogen-bond donors (Lipinski definition) is 1. The molecule has 0 radical (unpaired) electrons. The minimum Gasteiger partial charge on any atom is -0.366 e. The van der Waals surface area contributed by atoms with E-state index in [1.807, 2.05) is 0 Å². The minimum absolute atomic E-state index is 0.0716. The number of rotatable bonds is 4. The molecule has 0 saturated heterocycles. The number of carbonyl (C=O) groups excluding carboxylic acids is 1. The lowest BCUT2D eigenvalue weighted by molar-refractivity contribution is 0.100. The Hall–Kier alpha value is -2.93. The third-order valence-corrected chi connectivity index (χ3v) is 5.55. The van der Waals surface area contributed by atoms with Crippen molar-refractivity contribution in [3.05, 3.63) is 66.4 Å². The maximum Gasteiger partial charge on any atom is 0.266 e. The molecule has 0 atom stereocenters. The summed E-state index contributed by atoms with van der Waals surface area (Å²) in [6.07, 6.45) is 1.54. The van der Waals surface area contributed by atoms with Gasteiger partial charge in [-0.25, -0.2) is 8.42 Å². The van der Waals surface area contributed by atoms with Gasteiger partial charge in [0.05, 0.1) is 16.8 Å². The van der Waals surface area contributed by atoms with E-state index in [0.29, 0.717) is 5.52 Å². The van der Waals surface area contributed by atoms with Crippen LogP contribution in [0.25, 0.3) is 10.9 Å². The van der Waals surface area contributed by atoms with E-state index in [9.17, 15) is 13.2 Å². The molecule has 24 heavy (non-hydrogen) atoms. The smallest absolute Gasteiger partial charge is 0.266 e. The van der Waals surface area contributed by atoms with E-state index < -0.39 is 15.9 Å². The van der Waals surface area contributed by atoms with Crippen LogP contribution in [0.1, 0.15) is 10.4 Å². The number of pyridine rings is 1. The highest BCUT2D eigenvalue weighted by Crippen LogP contribution is 2.28. The summed E-state index contributed by atoms with van der Waals surface area (Å²) >= 11 is 0. The maximum atomic E-state index is 13.1. The van der Waals surface area contributed by atoms with Gasteiger partial charge < -0.3 is 5.73 Å². The Morgan fingerprint density at radius 3 is 2.50 bits per heavy atom. The number of fused-ring (bicyclic) bond motifs is 1. The molecule has 1 heterocycles. The first-order valence-electron chi connectivity index (χ1n) is 7.14. The zero-order valence-corrected chi connectivity index (χ0v) is 13.7.